The summed E-state index contributed by atoms with van der Waals surface area (Å²) in [4.78, 5) is 18.7. The number of carbonyl (C=O) groups excluding carboxylic acids is 1. The summed E-state index contributed by atoms with van der Waals surface area (Å²) in [5.41, 5.74) is 2.63. The molecule has 1 heterocycles. The van der Waals surface area contributed by atoms with E-state index >= 15 is 0 Å². The Morgan fingerprint density at radius 3 is 2.44 bits per heavy atom. The summed E-state index contributed by atoms with van der Waals surface area (Å²) in [6.07, 6.45) is 2.66. The Balaban J connectivity index is 0.00000312. The summed E-state index contributed by atoms with van der Waals surface area (Å²) in [5, 5.41) is 3.38. The molecule has 6 heteroatoms. The average molecular weight is 459 g/mol. The van der Waals surface area contributed by atoms with Gasteiger partial charge in [-0.05, 0) is 37.3 Å². The Labute approximate surface area is 168 Å². The number of ether oxygens (including phenoxy) is 1. The van der Waals surface area contributed by atoms with Crippen LogP contribution in [0, 0.1) is 5.92 Å². The van der Waals surface area contributed by atoms with E-state index in [4.69, 9.17) is 9.73 Å². The number of piperidine rings is 1. The van der Waals surface area contributed by atoms with Gasteiger partial charge in [-0.1, -0.05) is 31.2 Å². The first-order chi connectivity index (χ1) is 11.7. The molecule has 0 saturated carbocycles. The molecular formula is C19H30IN3O2. The van der Waals surface area contributed by atoms with Gasteiger partial charge in [-0.3, -0.25) is 4.79 Å². The van der Waals surface area contributed by atoms with Gasteiger partial charge in [0.2, 0.25) is 0 Å². The standard InChI is InChI=1S/C19H29N3O2.HI/c1-4-15-8-6-7-9-17(15)14-21-19(20-5-2)22-12-10-16(11-13-22)18(23)24-3;/h6-9,16H,4-5,10-14H2,1-3H3,(H,20,21);1H. The molecule has 1 aromatic rings. The number of carbonyl (C=O) groups is 1. The third-order valence-corrected chi connectivity index (χ3v) is 4.56. The van der Waals surface area contributed by atoms with Gasteiger partial charge in [-0.15, -0.1) is 24.0 Å². The third kappa shape index (κ3) is 6.17. The monoisotopic (exact) mass is 459 g/mol. The van der Waals surface area contributed by atoms with Gasteiger partial charge in [0, 0.05) is 19.6 Å². The van der Waals surface area contributed by atoms with E-state index in [0.29, 0.717) is 6.54 Å². The fourth-order valence-electron chi connectivity index (χ4n) is 3.14. The van der Waals surface area contributed by atoms with Crippen LogP contribution in [0.3, 0.4) is 0 Å². The summed E-state index contributed by atoms with van der Waals surface area (Å²) < 4.78 is 4.86. The fraction of sp³-hybridized carbons (Fsp3) is 0.579. The van der Waals surface area contributed by atoms with Crippen LogP contribution in [-0.2, 0) is 22.5 Å². The molecule has 5 nitrogen and oxygen atoms in total. The smallest absolute Gasteiger partial charge is 0.308 e. The topological polar surface area (TPSA) is 53.9 Å². The fourth-order valence-corrected chi connectivity index (χ4v) is 3.14. The molecule has 1 N–H and O–H groups in total. The molecule has 2 rings (SSSR count). The van der Waals surface area contributed by atoms with E-state index in [1.54, 1.807) is 0 Å². The van der Waals surface area contributed by atoms with Crippen molar-refractivity contribution in [1.82, 2.24) is 10.2 Å². The molecule has 25 heavy (non-hydrogen) atoms. The number of halogens is 1. The second-order valence-corrected chi connectivity index (χ2v) is 6.08. The number of rotatable bonds is 5. The number of esters is 1. The third-order valence-electron chi connectivity index (χ3n) is 4.56. The minimum atomic E-state index is -0.0894. The Kier molecular flexibility index (Phi) is 9.85. The van der Waals surface area contributed by atoms with Gasteiger partial charge >= 0.3 is 5.97 Å². The second kappa shape index (κ2) is 11.3. The SMILES string of the molecule is CCNC(=NCc1ccccc1CC)N1CCC(C(=O)OC)CC1.I. The van der Waals surface area contributed by atoms with Gasteiger partial charge in [0.25, 0.3) is 0 Å². The summed E-state index contributed by atoms with van der Waals surface area (Å²) >= 11 is 0. The highest BCUT2D eigenvalue weighted by molar-refractivity contribution is 14.0. The van der Waals surface area contributed by atoms with Crippen molar-refractivity contribution in [2.24, 2.45) is 10.9 Å². The van der Waals surface area contributed by atoms with Crippen LogP contribution < -0.4 is 5.32 Å². The molecule has 0 atom stereocenters. The van der Waals surface area contributed by atoms with Gasteiger partial charge in [0.15, 0.2) is 5.96 Å². The zero-order valence-corrected chi connectivity index (χ0v) is 17.8. The quantitative estimate of drug-likeness (QED) is 0.318. The molecule has 0 radical (unpaired) electrons. The summed E-state index contributed by atoms with van der Waals surface area (Å²) in [6.45, 7) is 7.44. The zero-order valence-electron chi connectivity index (χ0n) is 15.5. The number of methoxy groups -OCH3 is 1. The molecule has 0 aliphatic carbocycles. The Bertz CT molecular complexity index is 570. The molecule has 0 aromatic heterocycles. The van der Waals surface area contributed by atoms with E-state index in [2.05, 4.69) is 48.3 Å². The minimum absolute atomic E-state index is 0. The van der Waals surface area contributed by atoms with Crippen LogP contribution in [0.5, 0.6) is 0 Å². The van der Waals surface area contributed by atoms with Crippen LogP contribution in [0.15, 0.2) is 29.3 Å². The van der Waals surface area contributed by atoms with Crippen molar-refractivity contribution in [2.45, 2.75) is 39.7 Å². The predicted molar refractivity (Wildman–Crippen MR) is 112 cm³/mol. The van der Waals surface area contributed by atoms with Crippen LogP contribution >= 0.6 is 24.0 Å². The Morgan fingerprint density at radius 2 is 1.88 bits per heavy atom. The number of benzene rings is 1. The van der Waals surface area contributed by atoms with E-state index < -0.39 is 0 Å². The van der Waals surface area contributed by atoms with Crippen molar-refractivity contribution < 1.29 is 9.53 Å². The summed E-state index contributed by atoms with van der Waals surface area (Å²) in [5.74, 6) is 0.870. The molecule has 140 valence electrons. The molecule has 0 spiro atoms. The number of aryl methyl sites for hydroxylation is 1. The average Bonchev–Trinajstić information content (AvgIpc) is 2.64. The van der Waals surface area contributed by atoms with Crippen LogP contribution in [-0.4, -0.2) is 43.6 Å². The molecular weight excluding hydrogens is 429 g/mol. The molecule has 1 saturated heterocycles. The van der Waals surface area contributed by atoms with Crippen LogP contribution in [0.1, 0.15) is 37.8 Å². The lowest BCUT2D eigenvalue weighted by Gasteiger charge is -2.33. The van der Waals surface area contributed by atoms with Crippen molar-refractivity contribution in [3.8, 4) is 0 Å². The predicted octanol–water partition coefficient (Wildman–Crippen LogP) is 3.22. The highest BCUT2D eigenvalue weighted by Crippen LogP contribution is 2.19. The lowest BCUT2D eigenvalue weighted by atomic mass is 9.97. The molecule has 0 unspecified atom stereocenters. The van der Waals surface area contributed by atoms with Crippen molar-refractivity contribution in [1.29, 1.82) is 0 Å². The zero-order chi connectivity index (χ0) is 17.4. The van der Waals surface area contributed by atoms with E-state index in [1.807, 2.05) is 0 Å². The summed E-state index contributed by atoms with van der Waals surface area (Å²) in [6, 6.07) is 8.46. The number of aliphatic imine (C=N–C) groups is 1. The minimum Gasteiger partial charge on any atom is -0.469 e. The normalized spacial score (nSPS) is 15.5. The van der Waals surface area contributed by atoms with E-state index in [9.17, 15) is 4.79 Å². The van der Waals surface area contributed by atoms with Crippen LogP contribution in [0.2, 0.25) is 0 Å². The molecule has 0 amide bonds. The van der Waals surface area contributed by atoms with E-state index in [0.717, 1.165) is 44.9 Å². The lowest BCUT2D eigenvalue weighted by molar-refractivity contribution is -0.146. The van der Waals surface area contributed by atoms with Gasteiger partial charge in [0.1, 0.15) is 0 Å². The maximum absolute atomic E-state index is 11.7. The largest absolute Gasteiger partial charge is 0.469 e. The van der Waals surface area contributed by atoms with Crippen molar-refractivity contribution in [3.05, 3.63) is 35.4 Å². The number of nitrogens with zero attached hydrogens (tertiary/aromatic N) is 2. The van der Waals surface area contributed by atoms with E-state index in [1.165, 1.54) is 18.2 Å². The first-order valence-electron chi connectivity index (χ1n) is 8.87. The van der Waals surface area contributed by atoms with Crippen molar-refractivity contribution in [3.63, 3.8) is 0 Å². The first-order valence-corrected chi connectivity index (χ1v) is 8.87. The van der Waals surface area contributed by atoms with Gasteiger partial charge < -0.3 is 15.0 Å². The lowest BCUT2D eigenvalue weighted by Crippen LogP contribution is -2.46. The Hall–Kier alpha value is -1.31. The molecule has 1 aliphatic heterocycles. The number of hydrogen-bond acceptors (Lipinski definition) is 3. The van der Waals surface area contributed by atoms with Crippen molar-refractivity contribution in [2.75, 3.05) is 26.7 Å². The molecule has 1 aliphatic rings. The van der Waals surface area contributed by atoms with Gasteiger partial charge in [-0.25, -0.2) is 4.99 Å². The number of guanidine groups is 1. The molecule has 0 bridgehead atoms. The number of likely N-dealkylation sites (tertiary alicyclic amines) is 1. The Morgan fingerprint density at radius 1 is 1.24 bits per heavy atom. The number of nitrogens with one attached hydrogen (secondary N) is 1. The van der Waals surface area contributed by atoms with Crippen molar-refractivity contribution >= 4 is 35.9 Å². The number of hydrogen-bond donors (Lipinski definition) is 1. The second-order valence-electron chi connectivity index (χ2n) is 6.08. The first kappa shape index (κ1) is 21.7. The van der Waals surface area contributed by atoms with E-state index in [-0.39, 0.29) is 35.9 Å². The van der Waals surface area contributed by atoms with Crippen LogP contribution in [0.4, 0.5) is 0 Å². The van der Waals surface area contributed by atoms with Gasteiger partial charge in [0.05, 0.1) is 19.6 Å². The molecule has 1 fully saturated rings. The summed E-state index contributed by atoms with van der Waals surface area (Å²) in [7, 11) is 1.46. The van der Waals surface area contributed by atoms with Gasteiger partial charge in [-0.2, -0.15) is 0 Å². The highest BCUT2D eigenvalue weighted by Gasteiger charge is 2.26. The maximum Gasteiger partial charge on any atom is 0.308 e. The van der Waals surface area contributed by atoms with Crippen LogP contribution in [0.25, 0.3) is 0 Å². The maximum atomic E-state index is 11.7. The highest BCUT2D eigenvalue weighted by atomic mass is 127. The molecule has 1 aromatic carbocycles.